The van der Waals surface area contributed by atoms with E-state index in [1.807, 2.05) is 51.1 Å². The van der Waals surface area contributed by atoms with Gasteiger partial charge in [-0.2, -0.15) is 0 Å². The summed E-state index contributed by atoms with van der Waals surface area (Å²) in [6.07, 6.45) is 1.94. The predicted molar refractivity (Wildman–Crippen MR) is 261 cm³/mol. The summed E-state index contributed by atoms with van der Waals surface area (Å²) in [5, 5.41) is 5.82. The van der Waals surface area contributed by atoms with E-state index >= 15 is 0 Å². The van der Waals surface area contributed by atoms with E-state index in [1.165, 1.54) is 29.2 Å². The van der Waals surface area contributed by atoms with Gasteiger partial charge in [0.05, 0.1) is 29.9 Å². The third kappa shape index (κ3) is 11.6. The monoisotopic (exact) mass is 932 g/mol. The van der Waals surface area contributed by atoms with Crippen LogP contribution in [0.25, 0.3) is 0 Å². The minimum Gasteiger partial charge on any atom is -0.444 e. The second-order valence-corrected chi connectivity index (χ2v) is 18.9. The first-order valence-electron chi connectivity index (χ1n) is 21.8. The number of halogens is 2. The number of aliphatic imine (C=N–C) groups is 2. The number of ether oxygens (including phenoxy) is 2. The Balaban J connectivity index is 0.000000247. The van der Waals surface area contributed by atoms with Crippen LogP contribution in [0.5, 0.6) is 0 Å². The minimum atomic E-state index is -1.34. The fourth-order valence-electron chi connectivity index (χ4n) is 8.15. The van der Waals surface area contributed by atoms with E-state index in [0.717, 1.165) is 44.8 Å². The van der Waals surface area contributed by atoms with Crippen LogP contribution in [-0.2, 0) is 36.9 Å². The molecule has 0 radical (unpaired) electrons. The van der Waals surface area contributed by atoms with Crippen LogP contribution < -0.4 is 10.6 Å². The molecular weight excluding hydrogens is 871 g/mol. The lowest BCUT2D eigenvalue weighted by Crippen LogP contribution is -2.42. The average Bonchev–Trinajstić information content (AvgIpc) is 4.09. The van der Waals surface area contributed by atoms with Crippen LogP contribution in [0, 0.1) is 22.5 Å². The van der Waals surface area contributed by atoms with E-state index in [9.17, 15) is 32.8 Å². The SMILES string of the molecule is C.C.C=CC1(C(=O)Nc2ccc3c(c2)C(c2ccc(F)cc2)=NC3)CCN(C(=O)OC(C)(C)C)C1.CC(C)(C)OC(=O)N1CCC(C=O)(C(=O)Nc2ccc3c(c2)C(c2ccc(F)cc2)=NC3)C1. The summed E-state index contributed by atoms with van der Waals surface area (Å²) in [5.74, 6) is -1.32. The maximum absolute atomic E-state index is 13.3. The highest BCUT2D eigenvalue weighted by atomic mass is 19.1. The fraction of sp³-hybridized carbons (Fsp3) is 0.377. The Morgan fingerprint density at radius 1 is 0.632 bits per heavy atom. The number of hydrogen-bond donors (Lipinski definition) is 2. The smallest absolute Gasteiger partial charge is 0.410 e. The molecule has 68 heavy (non-hydrogen) atoms. The third-order valence-electron chi connectivity index (χ3n) is 11.7. The molecule has 0 spiro atoms. The molecule has 2 unspecified atom stereocenters. The normalized spacial score (nSPS) is 19.1. The molecule has 2 N–H and O–H groups in total. The predicted octanol–water partition coefficient (Wildman–Crippen LogP) is 10.1. The van der Waals surface area contributed by atoms with Gasteiger partial charge in [0.2, 0.25) is 11.8 Å². The zero-order chi connectivity index (χ0) is 47.6. The highest BCUT2D eigenvalue weighted by molar-refractivity contribution is 6.17. The summed E-state index contributed by atoms with van der Waals surface area (Å²) >= 11 is 0. The standard InChI is InChI=1S/C26H28FN3O3.C25H26FN3O4.2CH4/c1-5-26(12-13-30(16-26)24(32)33-25(2,3)4)23(31)29-20-11-8-18-15-28-22(21(18)14-20)17-6-9-19(27)10-7-17;1-24(2,3)33-23(32)29-11-10-25(14-29,15-30)22(31)28-19-9-6-17-13-27-21(20(17)12-19)16-4-7-18(26)8-5-16;;/h5-11,14H,1,12-13,15-16H2,2-4H3,(H,29,31);4-9,12,15H,10-11,13-14H2,1-3H3,(H,28,31);2*1H4. The number of likely N-dealkylation sites (tertiary alicyclic amines) is 2. The van der Waals surface area contributed by atoms with Crippen LogP contribution in [0.3, 0.4) is 0 Å². The lowest BCUT2D eigenvalue weighted by atomic mass is 9.86. The van der Waals surface area contributed by atoms with Gasteiger partial charge in [-0.25, -0.2) is 18.4 Å². The lowest BCUT2D eigenvalue weighted by Gasteiger charge is -2.27. The maximum atomic E-state index is 13.3. The molecule has 4 aliphatic heterocycles. The first kappa shape index (κ1) is 51.9. The number of rotatable bonds is 8. The van der Waals surface area contributed by atoms with Crippen LogP contribution in [0.15, 0.2) is 108 Å². The Bertz CT molecular complexity index is 2450. The van der Waals surface area contributed by atoms with Crippen molar-refractivity contribution in [2.75, 3.05) is 36.8 Å². The molecule has 4 aliphatic rings. The molecule has 13 nitrogen and oxygen atoms in total. The number of carbonyl (C=O) groups is 5. The van der Waals surface area contributed by atoms with Gasteiger partial charge in [0.25, 0.3) is 0 Å². The average molecular weight is 933 g/mol. The summed E-state index contributed by atoms with van der Waals surface area (Å²) < 4.78 is 37.5. The van der Waals surface area contributed by atoms with Gasteiger partial charge >= 0.3 is 12.2 Å². The maximum Gasteiger partial charge on any atom is 0.410 e. The largest absolute Gasteiger partial charge is 0.444 e. The number of nitrogens with zero attached hydrogens (tertiary/aromatic N) is 4. The molecule has 2 atom stereocenters. The van der Waals surface area contributed by atoms with Crippen molar-refractivity contribution in [3.63, 3.8) is 0 Å². The second kappa shape index (κ2) is 20.5. The first-order valence-corrected chi connectivity index (χ1v) is 21.8. The van der Waals surface area contributed by atoms with Crippen molar-refractivity contribution in [3.8, 4) is 0 Å². The molecule has 4 aromatic carbocycles. The quantitative estimate of drug-likeness (QED) is 0.101. The minimum absolute atomic E-state index is 0. The Kier molecular flexibility index (Phi) is 15.6. The zero-order valence-electron chi connectivity index (χ0n) is 38.0. The molecule has 360 valence electrons. The van der Waals surface area contributed by atoms with E-state index in [4.69, 9.17) is 9.47 Å². The molecule has 8 rings (SSSR count). The van der Waals surface area contributed by atoms with Crippen molar-refractivity contribution < 1.29 is 42.2 Å². The number of hydrogen-bond acceptors (Lipinski definition) is 9. The van der Waals surface area contributed by atoms with Gasteiger partial charge in [0.15, 0.2) is 0 Å². The summed E-state index contributed by atoms with van der Waals surface area (Å²) in [4.78, 5) is 75.3. The van der Waals surface area contributed by atoms with Crippen molar-refractivity contribution in [2.24, 2.45) is 20.8 Å². The number of aldehydes is 1. The van der Waals surface area contributed by atoms with Gasteiger partial charge in [0, 0.05) is 59.8 Å². The summed E-state index contributed by atoms with van der Waals surface area (Å²) in [6, 6.07) is 23.4. The van der Waals surface area contributed by atoms with Crippen LogP contribution in [0.2, 0.25) is 0 Å². The topological polar surface area (TPSA) is 159 Å². The van der Waals surface area contributed by atoms with E-state index in [1.54, 1.807) is 62.1 Å². The van der Waals surface area contributed by atoms with Crippen LogP contribution in [-0.4, -0.2) is 88.9 Å². The van der Waals surface area contributed by atoms with Crippen molar-refractivity contribution in [1.29, 1.82) is 0 Å². The van der Waals surface area contributed by atoms with Gasteiger partial charge in [-0.3, -0.25) is 19.6 Å². The van der Waals surface area contributed by atoms with E-state index in [2.05, 4.69) is 27.2 Å². The molecule has 4 heterocycles. The Morgan fingerprint density at radius 2 is 1.01 bits per heavy atom. The number of amides is 4. The summed E-state index contributed by atoms with van der Waals surface area (Å²) in [5.41, 5.74) is 4.55. The van der Waals surface area contributed by atoms with Crippen molar-refractivity contribution in [3.05, 3.63) is 143 Å². The number of nitrogens with one attached hydrogen (secondary N) is 2. The molecule has 2 saturated heterocycles. The van der Waals surface area contributed by atoms with Gasteiger partial charge < -0.3 is 34.7 Å². The van der Waals surface area contributed by atoms with Crippen molar-refractivity contribution in [2.45, 2.75) is 93.5 Å². The molecule has 0 bridgehead atoms. The molecule has 0 aromatic heterocycles. The zero-order valence-corrected chi connectivity index (χ0v) is 38.0. The molecule has 0 aliphatic carbocycles. The molecule has 4 amide bonds. The van der Waals surface area contributed by atoms with E-state index in [0.29, 0.717) is 43.7 Å². The van der Waals surface area contributed by atoms with E-state index < -0.39 is 40.1 Å². The highest BCUT2D eigenvalue weighted by Crippen LogP contribution is 2.36. The fourth-order valence-corrected chi connectivity index (χ4v) is 8.15. The number of anilines is 2. The molecule has 2 fully saturated rings. The van der Waals surface area contributed by atoms with Crippen molar-refractivity contribution >= 4 is 53.1 Å². The summed E-state index contributed by atoms with van der Waals surface area (Å²) in [6.45, 7) is 16.5. The summed E-state index contributed by atoms with van der Waals surface area (Å²) in [7, 11) is 0. The van der Waals surface area contributed by atoms with Crippen LogP contribution >= 0.6 is 0 Å². The van der Waals surface area contributed by atoms with E-state index in [-0.39, 0.29) is 58.5 Å². The van der Waals surface area contributed by atoms with Gasteiger partial charge in [-0.1, -0.05) is 33.1 Å². The highest BCUT2D eigenvalue weighted by Gasteiger charge is 2.48. The lowest BCUT2D eigenvalue weighted by molar-refractivity contribution is -0.131. The Morgan fingerprint density at radius 3 is 1.40 bits per heavy atom. The van der Waals surface area contributed by atoms with Crippen LogP contribution in [0.1, 0.15) is 103 Å². The van der Waals surface area contributed by atoms with Crippen molar-refractivity contribution in [1.82, 2.24) is 9.80 Å². The Hall–Kier alpha value is -7.03. The first-order chi connectivity index (χ1) is 31.2. The molecule has 0 saturated carbocycles. The van der Waals surface area contributed by atoms with Gasteiger partial charge in [-0.15, -0.1) is 6.58 Å². The number of carbonyl (C=O) groups excluding carboxylic acids is 5. The molecular formula is C53H62F2N6O7. The molecule has 4 aromatic rings. The Labute approximate surface area is 397 Å². The van der Waals surface area contributed by atoms with Gasteiger partial charge in [-0.05, 0) is 138 Å². The third-order valence-corrected chi connectivity index (χ3v) is 11.7. The molecule has 15 heteroatoms. The second-order valence-electron chi connectivity index (χ2n) is 18.9. The van der Waals surface area contributed by atoms with Crippen LogP contribution in [0.4, 0.5) is 29.7 Å². The van der Waals surface area contributed by atoms with Gasteiger partial charge in [0.1, 0.15) is 34.5 Å². The number of benzene rings is 4. The number of fused-ring (bicyclic) bond motifs is 2.